The molecule has 0 fully saturated rings. The number of carbonyl (C=O) groups excluding carboxylic acids is 1. The number of hydrogen-bond donors (Lipinski definition) is 4. The van der Waals surface area contributed by atoms with E-state index in [0.717, 1.165) is 24.7 Å². The highest BCUT2D eigenvalue weighted by atomic mass is 35.5. The second kappa shape index (κ2) is 15.6. The van der Waals surface area contributed by atoms with Gasteiger partial charge in [-0.2, -0.15) is 0 Å². The fraction of sp³-hybridized carbons (Fsp3) is 0.200. The Bertz CT molecular complexity index is 917. The summed E-state index contributed by atoms with van der Waals surface area (Å²) >= 11 is 5.56. The molecular formula is C25H30ClN3O3. The first-order valence-electron chi connectivity index (χ1n) is 10.2. The van der Waals surface area contributed by atoms with Crippen LogP contribution in [-0.4, -0.2) is 29.9 Å². The van der Waals surface area contributed by atoms with Crippen LogP contribution in [0.25, 0.3) is 11.1 Å². The van der Waals surface area contributed by atoms with Crippen LogP contribution in [0.1, 0.15) is 29.6 Å². The van der Waals surface area contributed by atoms with E-state index in [9.17, 15) is 9.59 Å². The first-order chi connectivity index (χ1) is 15.4. The summed E-state index contributed by atoms with van der Waals surface area (Å²) in [6.07, 6.45) is 3.02. The van der Waals surface area contributed by atoms with Crippen LogP contribution in [0.15, 0.2) is 78.9 Å². The number of hydrogen-bond acceptors (Lipinski definition) is 5. The number of nitrogen functional groups attached to an aromatic ring is 1. The summed E-state index contributed by atoms with van der Waals surface area (Å²) in [6.45, 7) is 0.604. The van der Waals surface area contributed by atoms with Crippen LogP contribution < -0.4 is 17.2 Å². The SMILES string of the molecule is NCCCC[C@H](N)C(=O)O.Nc1cccc(Cl)c1.O=Cc1ccc(-c2ccccc2)cc1. The number of aldehydes is 1. The van der Waals surface area contributed by atoms with Crippen LogP contribution in [-0.2, 0) is 4.79 Å². The van der Waals surface area contributed by atoms with Crippen molar-refractivity contribution in [1.82, 2.24) is 0 Å². The predicted octanol–water partition coefficient (Wildman–Crippen LogP) is 4.62. The van der Waals surface area contributed by atoms with Gasteiger partial charge in [0.2, 0.25) is 0 Å². The summed E-state index contributed by atoms with van der Waals surface area (Å²) in [7, 11) is 0. The molecule has 0 radical (unpaired) electrons. The van der Waals surface area contributed by atoms with Gasteiger partial charge in [-0.3, -0.25) is 9.59 Å². The van der Waals surface area contributed by atoms with Crippen LogP contribution in [0, 0.1) is 0 Å². The molecule has 0 aliphatic heterocycles. The molecule has 0 unspecified atom stereocenters. The van der Waals surface area contributed by atoms with Crippen LogP contribution in [0.5, 0.6) is 0 Å². The molecule has 170 valence electrons. The third-order valence-electron chi connectivity index (χ3n) is 4.29. The molecule has 0 heterocycles. The zero-order valence-corrected chi connectivity index (χ0v) is 18.6. The van der Waals surface area contributed by atoms with Crippen LogP contribution in [0.4, 0.5) is 5.69 Å². The minimum atomic E-state index is -0.933. The molecule has 3 aromatic rings. The lowest BCUT2D eigenvalue weighted by atomic mass is 10.0. The van der Waals surface area contributed by atoms with Crippen LogP contribution in [0.2, 0.25) is 5.02 Å². The molecule has 0 saturated heterocycles. The molecule has 7 N–H and O–H groups in total. The summed E-state index contributed by atoms with van der Waals surface area (Å²) < 4.78 is 0. The number of halogens is 1. The lowest BCUT2D eigenvalue weighted by Crippen LogP contribution is -2.29. The Hall–Kier alpha value is -3.19. The zero-order valence-electron chi connectivity index (χ0n) is 17.9. The second-order valence-corrected chi connectivity index (χ2v) is 7.33. The standard InChI is InChI=1S/C13H10O.C6H6ClN.C6H14N2O2/c14-10-11-6-8-13(9-7-11)12-4-2-1-3-5-12;7-5-2-1-3-6(8)4-5;7-4-2-1-3-5(8)6(9)10/h1-10H;1-4H,8H2;5H,1-4,7-8H2,(H,9,10)/t;;5-/m..0/s1. The number of nitrogens with two attached hydrogens (primary N) is 3. The molecule has 0 aromatic heterocycles. The number of aliphatic carboxylic acids is 1. The minimum absolute atomic E-state index is 0.520. The molecule has 3 aromatic carbocycles. The molecule has 0 aliphatic carbocycles. The molecule has 0 amide bonds. The second-order valence-electron chi connectivity index (χ2n) is 6.89. The van der Waals surface area contributed by atoms with E-state index in [-0.39, 0.29) is 0 Å². The predicted molar refractivity (Wildman–Crippen MR) is 132 cm³/mol. The van der Waals surface area contributed by atoms with Crippen molar-refractivity contribution in [3.05, 3.63) is 89.4 Å². The van der Waals surface area contributed by atoms with Crippen molar-refractivity contribution in [2.24, 2.45) is 11.5 Å². The third kappa shape index (κ3) is 11.3. The first kappa shape index (κ1) is 26.8. The molecule has 1 atom stereocenters. The lowest BCUT2D eigenvalue weighted by Gasteiger charge is -2.03. The van der Waals surface area contributed by atoms with Crippen molar-refractivity contribution in [2.45, 2.75) is 25.3 Å². The van der Waals surface area contributed by atoms with Gasteiger partial charge in [0.15, 0.2) is 0 Å². The summed E-state index contributed by atoms with van der Waals surface area (Å²) in [6, 6.07) is 24.1. The van der Waals surface area contributed by atoms with Crippen molar-refractivity contribution in [1.29, 1.82) is 0 Å². The Labute approximate surface area is 194 Å². The van der Waals surface area contributed by atoms with Crippen molar-refractivity contribution in [3.63, 3.8) is 0 Å². The van der Waals surface area contributed by atoms with E-state index in [0.29, 0.717) is 29.2 Å². The monoisotopic (exact) mass is 455 g/mol. The maximum atomic E-state index is 10.5. The zero-order chi connectivity index (χ0) is 23.8. The Morgan fingerprint density at radius 1 is 0.938 bits per heavy atom. The molecule has 7 heteroatoms. The van der Waals surface area contributed by atoms with Crippen LogP contribution >= 0.6 is 11.6 Å². The summed E-state index contributed by atoms with van der Waals surface area (Å²) in [5.41, 5.74) is 19.5. The fourth-order valence-electron chi connectivity index (χ4n) is 2.52. The quantitative estimate of drug-likeness (QED) is 0.233. The number of benzene rings is 3. The highest BCUT2D eigenvalue weighted by Gasteiger charge is 2.09. The molecule has 6 nitrogen and oxygen atoms in total. The summed E-state index contributed by atoms with van der Waals surface area (Å²) in [5, 5.41) is 9.01. The van der Waals surface area contributed by atoms with E-state index in [2.05, 4.69) is 12.1 Å². The number of carbonyl (C=O) groups is 2. The Morgan fingerprint density at radius 3 is 2.03 bits per heavy atom. The molecule has 32 heavy (non-hydrogen) atoms. The van der Waals surface area contributed by atoms with Crippen LogP contribution in [0.3, 0.4) is 0 Å². The maximum absolute atomic E-state index is 10.5. The number of carboxylic acid groups (broad SMARTS) is 1. The molecule has 0 bridgehead atoms. The Kier molecular flexibility index (Phi) is 13.1. The van der Waals surface area contributed by atoms with Gasteiger partial charge >= 0.3 is 5.97 Å². The van der Waals surface area contributed by atoms with Crippen molar-refractivity contribution in [2.75, 3.05) is 12.3 Å². The first-order valence-corrected chi connectivity index (χ1v) is 10.5. The smallest absolute Gasteiger partial charge is 0.320 e. The number of unbranched alkanes of at least 4 members (excludes halogenated alkanes) is 1. The minimum Gasteiger partial charge on any atom is -0.480 e. The molecular weight excluding hydrogens is 426 g/mol. The summed E-state index contributed by atoms with van der Waals surface area (Å²) in [5.74, 6) is -0.933. The molecule has 0 spiro atoms. The number of rotatable bonds is 7. The summed E-state index contributed by atoms with van der Waals surface area (Å²) in [4.78, 5) is 20.6. The third-order valence-corrected chi connectivity index (χ3v) is 4.52. The topological polar surface area (TPSA) is 132 Å². The number of anilines is 1. The lowest BCUT2D eigenvalue weighted by molar-refractivity contribution is -0.138. The van der Waals surface area contributed by atoms with E-state index in [4.69, 9.17) is 33.9 Å². The van der Waals surface area contributed by atoms with Gasteiger partial charge in [-0.05, 0) is 48.7 Å². The van der Waals surface area contributed by atoms with Gasteiger partial charge in [-0.15, -0.1) is 0 Å². The van der Waals surface area contributed by atoms with Gasteiger partial charge in [0, 0.05) is 16.3 Å². The van der Waals surface area contributed by atoms with E-state index in [1.54, 1.807) is 18.2 Å². The Balaban J connectivity index is 0.000000252. The maximum Gasteiger partial charge on any atom is 0.320 e. The Morgan fingerprint density at radius 2 is 1.56 bits per heavy atom. The van der Waals surface area contributed by atoms with Gasteiger partial charge in [0.25, 0.3) is 0 Å². The highest BCUT2D eigenvalue weighted by molar-refractivity contribution is 6.30. The average Bonchev–Trinajstić information content (AvgIpc) is 2.80. The van der Waals surface area contributed by atoms with Gasteiger partial charge in [0.05, 0.1) is 0 Å². The molecule has 0 aliphatic rings. The fourth-order valence-corrected chi connectivity index (χ4v) is 2.72. The molecule has 0 saturated carbocycles. The van der Waals surface area contributed by atoms with Gasteiger partial charge in [0.1, 0.15) is 12.3 Å². The van der Waals surface area contributed by atoms with Crippen molar-refractivity contribution < 1.29 is 14.7 Å². The number of carboxylic acids is 1. The van der Waals surface area contributed by atoms with E-state index >= 15 is 0 Å². The normalized spacial score (nSPS) is 10.6. The van der Waals surface area contributed by atoms with Gasteiger partial charge in [-0.25, -0.2) is 0 Å². The van der Waals surface area contributed by atoms with Crippen molar-refractivity contribution in [3.8, 4) is 11.1 Å². The molecule has 3 rings (SSSR count). The van der Waals surface area contributed by atoms with Gasteiger partial charge < -0.3 is 22.3 Å². The van der Waals surface area contributed by atoms with E-state index < -0.39 is 12.0 Å². The highest BCUT2D eigenvalue weighted by Crippen LogP contribution is 2.18. The largest absolute Gasteiger partial charge is 0.480 e. The van der Waals surface area contributed by atoms with E-state index in [1.165, 1.54) is 5.56 Å². The van der Waals surface area contributed by atoms with E-state index in [1.807, 2.05) is 48.5 Å². The average molecular weight is 456 g/mol. The van der Waals surface area contributed by atoms with Crippen molar-refractivity contribution >= 4 is 29.5 Å². The van der Waals surface area contributed by atoms with Gasteiger partial charge in [-0.1, -0.05) is 78.7 Å².